The number of benzene rings is 1. The summed E-state index contributed by atoms with van der Waals surface area (Å²) in [6, 6.07) is 9.54. The van der Waals surface area contributed by atoms with Gasteiger partial charge in [0, 0.05) is 30.1 Å². The van der Waals surface area contributed by atoms with Crippen LogP contribution in [-0.4, -0.2) is 62.6 Å². The van der Waals surface area contributed by atoms with Gasteiger partial charge in [0.15, 0.2) is 0 Å². The van der Waals surface area contributed by atoms with Crippen LogP contribution in [0.4, 0.5) is 0 Å². The maximum atomic E-state index is 11.2. The van der Waals surface area contributed by atoms with E-state index in [1.807, 2.05) is 92.6 Å². The molecule has 13 heteroatoms. The van der Waals surface area contributed by atoms with E-state index in [4.69, 9.17) is 25.6 Å². The monoisotopic (exact) mass is 800 g/mol. The fourth-order valence-corrected chi connectivity index (χ4v) is 2.69. The zero-order valence-electron chi connectivity index (χ0n) is 38.5. The Balaban J connectivity index is -0.000000189. The van der Waals surface area contributed by atoms with Gasteiger partial charge in [-0.15, -0.1) is 0 Å². The van der Waals surface area contributed by atoms with Crippen LogP contribution in [0, 0.1) is 40.9 Å². The molecule has 0 saturated heterocycles. The minimum atomic E-state index is -0.347. The van der Waals surface area contributed by atoms with E-state index in [1.165, 1.54) is 5.48 Å². The van der Waals surface area contributed by atoms with Crippen molar-refractivity contribution in [1.29, 1.82) is 0 Å². The Morgan fingerprint density at radius 3 is 1.25 bits per heavy atom. The maximum Gasteiger partial charge on any atom is 0.308 e. The number of ketones is 1. The van der Waals surface area contributed by atoms with Crippen molar-refractivity contribution in [1.82, 2.24) is 10.5 Å². The minimum Gasteiger partial charge on any atom is -0.461 e. The predicted octanol–water partition coefficient (Wildman–Crippen LogP) is 8.56. The van der Waals surface area contributed by atoms with E-state index in [2.05, 4.69) is 20.8 Å². The van der Waals surface area contributed by atoms with Crippen LogP contribution in [0.15, 0.2) is 30.3 Å². The zero-order chi connectivity index (χ0) is 45.7. The molecule has 0 fully saturated rings. The third-order valence-corrected chi connectivity index (χ3v) is 6.33. The predicted molar refractivity (Wildman–Crippen MR) is 223 cm³/mol. The number of nitrogens with zero attached hydrogens (tertiary/aromatic N) is 1. The molecule has 0 atom stereocenters. The second-order valence-electron chi connectivity index (χ2n) is 17.4. The number of rotatable bonds is 10. The topological polar surface area (TPSA) is 203 Å². The fraction of sp³-hybridized carbons (Fsp3) is 0.721. The summed E-state index contributed by atoms with van der Waals surface area (Å²) in [5, 5.41) is 17.7. The van der Waals surface area contributed by atoms with Crippen molar-refractivity contribution in [2.24, 2.45) is 46.7 Å². The quantitative estimate of drug-likeness (QED) is 0.101. The highest BCUT2D eigenvalue weighted by Crippen LogP contribution is 2.20. The number of amides is 3. The highest BCUT2D eigenvalue weighted by atomic mass is 16.6. The smallest absolute Gasteiger partial charge is 0.308 e. The van der Waals surface area contributed by atoms with Crippen LogP contribution in [0.2, 0.25) is 0 Å². The number of nitrogens with two attached hydrogens (primary N) is 1. The van der Waals surface area contributed by atoms with Crippen molar-refractivity contribution >= 4 is 35.4 Å². The molecular weight excluding hydrogens is 718 g/mol. The van der Waals surface area contributed by atoms with Gasteiger partial charge in [-0.05, 0) is 45.6 Å². The molecule has 13 nitrogen and oxygen atoms in total. The number of hydroxylamine groups is 3. The summed E-state index contributed by atoms with van der Waals surface area (Å²) in [6.07, 6.45) is 0.699. The Bertz CT molecular complexity index is 1200. The number of nitrogens with one attached hydrogen (secondary N) is 1. The number of carbonyl (C=O) groups is 6. The van der Waals surface area contributed by atoms with Gasteiger partial charge in [0.2, 0.25) is 17.7 Å². The molecule has 1 aromatic carbocycles. The number of hydrogen-bond donors (Lipinski definition) is 4. The third-order valence-electron chi connectivity index (χ3n) is 6.33. The van der Waals surface area contributed by atoms with Gasteiger partial charge in [-0.25, -0.2) is 10.5 Å². The van der Waals surface area contributed by atoms with E-state index in [0.717, 1.165) is 10.6 Å². The van der Waals surface area contributed by atoms with Crippen LogP contribution < -0.4 is 11.2 Å². The molecule has 0 bridgehead atoms. The lowest BCUT2D eigenvalue weighted by molar-refractivity contribution is -0.176. The first kappa shape index (κ1) is 61.4. The molecular formula is C43H81N3O10. The number of primary amides is 1. The summed E-state index contributed by atoms with van der Waals surface area (Å²) in [4.78, 5) is 64.2. The highest BCUT2D eigenvalue weighted by Gasteiger charge is 2.19. The lowest BCUT2D eigenvalue weighted by Gasteiger charge is -2.20. The summed E-state index contributed by atoms with van der Waals surface area (Å²) in [5.41, 5.74) is 7.15. The molecule has 0 radical (unpaired) electrons. The van der Waals surface area contributed by atoms with Gasteiger partial charge in [0.1, 0.15) is 18.0 Å². The molecule has 0 aliphatic rings. The van der Waals surface area contributed by atoms with Crippen molar-refractivity contribution in [3.63, 3.8) is 0 Å². The van der Waals surface area contributed by atoms with Gasteiger partial charge in [-0.1, -0.05) is 134 Å². The normalized spacial score (nSPS) is 10.7. The molecule has 0 aliphatic carbocycles. The van der Waals surface area contributed by atoms with Crippen LogP contribution in [0.25, 0.3) is 0 Å². The second kappa shape index (κ2) is 32.3. The van der Waals surface area contributed by atoms with Crippen molar-refractivity contribution in [3.05, 3.63) is 35.9 Å². The Hall–Kier alpha value is -3.84. The van der Waals surface area contributed by atoms with Crippen LogP contribution in [0.1, 0.15) is 150 Å². The van der Waals surface area contributed by atoms with E-state index < -0.39 is 0 Å². The van der Waals surface area contributed by atoms with E-state index in [0.29, 0.717) is 18.8 Å². The average Bonchev–Trinajstić information content (AvgIpc) is 3.06. The SMILES string of the molecule is CC(C)C(=O)CC(C)(C)C.CC(C)C(=O)N(O)C(C)C.CC(C)C(=O)NO.CC(C)C(=O)OC(C)(C)C.CC(C)C(=O)OCc1ccccc1.CC(C)C(N)=O. The first-order valence-electron chi connectivity index (χ1n) is 19.4. The van der Waals surface area contributed by atoms with Crippen LogP contribution >= 0.6 is 0 Å². The zero-order valence-corrected chi connectivity index (χ0v) is 38.5. The van der Waals surface area contributed by atoms with Gasteiger partial charge in [0.25, 0.3) is 0 Å². The van der Waals surface area contributed by atoms with Gasteiger partial charge in [-0.2, -0.15) is 0 Å². The number of Topliss-reactive ketones (excluding diaryl/α,β-unsaturated/α-hetero) is 1. The van der Waals surface area contributed by atoms with E-state index >= 15 is 0 Å². The molecule has 0 saturated carbocycles. The van der Waals surface area contributed by atoms with Crippen molar-refractivity contribution in [3.8, 4) is 0 Å². The van der Waals surface area contributed by atoms with Gasteiger partial charge in [-0.3, -0.25) is 39.2 Å². The number of carbonyl (C=O) groups excluding carboxylic acids is 6. The first-order valence-corrected chi connectivity index (χ1v) is 19.4. The van der Waals surface area contributed by atoms with Gasteiger partial charge < -0.3 is 15.2 Å². The summed E-state index contributed by atoms with van der Waals surface area (Å²) >= 11 is 0. The van der Waals surface area contributed by atoms with Crippen LogP contribution in [0.5, 0.6) is 0 Å². The van der Waals surface area contributed by atoms with Crippen molar-refractivity contribution in [2.75, 3.05) is 0 Å². The molecule has 0 aromatic heterocycles. The third kappa shape index (κ3) is 42.9. The summed E-state index contributed by atoms with van der Waals surface area (Å²) < 4.78 is 10.1. The molecule has 1 aromatic rings. The van der Waals surface area contributed by atoms with Crippen LogP contribution in [-0.2, 0) is 44.8 Å². The number of ether oxygens (including phenoxy) is 2. The first-order chi connectivity index (χ1) is 25.1. The van der Waals surface area contributed by atoms with E-state index in [1.54, 1.807) is 55.4 Å². The fourth-order valence-electron chi connectivity index (χ4n) is 2.69. The summed E-state index contributed by atoms with van der Waals surface area (Å²) in [6.45, 7) is 37.4. The molecule has 328 valence electrons. The molecule has 3 amide bonds. The molecule has 0 unspecified atom stereocenters. The maximum absolute atomic E-state index is 11.2. The Kier molecular flexibility index (Phi) is 35.4. The minimum absolute atomic E-state index is 0.00926. The second-order valence-corrected chi connectivity index (χ2v) is 17.4. The number of hydrogen-bond acceptors (Lipinski definition) is 10. The van der Waals surface area contributed by atoms with E-state index in [9.17, 15) is 28.8 Å². The number of esters is 2. The largest absolute Gasteiger partial charge is 0.461 e. The Morgan fingerprint density at radius 2 is 1.07 bits per heavy atom. The van der Waals surface area contributed by atoms with Gasteiger partial charge in [0.05, 0.1) is 17.9 Å². The Labute approximate surface area is 339 Å². The molecule has 1 rings (SSSR count). The standard InChI is InChI=1S/C11H14O2.C9H18O.C8H16O2.C7H15NO2.C4H9NO2.C4H9NO/c1-9(2)11(12)13-8-10-6-4-3-5-7-10;1-7(2)8(10)6-9(3,4)5;1-6(2)7(9)10-8(3,4)5;1-5(2)7(9)8(10)6(3)4;1-3(2)4(6)5-7;1-3(2)4(5)6/h3-7,9H,8H2,1-2H3;7H,6H2,1-5H3;6H,1-5H3;5-6,10H,1-4H3;3,7H,1-2H3,(H,5,6);3H,1-2H3,(H2,5,6). The molecule has 0 aliphatic heterocycles. The lowest BCUT2D eigenvalue weighted by atomic mass is 9.87. The molecule has 0 spiro atoms. The van der Waals surface area contributed by atoms with Gasteiger partial charge >= 0.3 is 11.9 Å². The highest BCUT2D eigenvalue weighted by molar-refractivity contribution is 5.80. The Morgan fingerprint density at radius 1 is 0.661 bits per heavy atom. The molecule has 5 N–H and O–H groups in total. The average molecular weight is 800 g/mol. The van der Waals surface area contributed by atoms with Crippen molar-refractivity contribution in [2.45, 2.75) is 163 Å². The summed E-state index contributed by atoms with van der Waals surface area (Å²) in [5.74, 6) is -0.890. The molecule has 0 heterocycles. The molecule has 56 heavy (non-hydrogen) atoms. The summed E-state index contributed by atoms with van der Waals surface area (Å²) in [7, 11) is 0. The van der Waals surface area contributed by atoms with E-state index in [-0.39, 0.29) is 82.2 Å². The van der Waals surface area contributed by atoms with Crippen LogP contribution in [0.3, 0.4) is 0 Å². The lowest BCUT2D eigenvalue weighted by Crippen LogP contribution is -2.36. The van der Waals surface area contributed by atoms with Crippen molar-refractivity contribution < 1.29 is 48.7 Å².